The summed E-state index contributed by atoms with van der Waals surface area (Å²) in [4.78, 5) is 27.3. The minimum atomic E-state index is -2.96. The third kappa shape index (κ3) is 6.15. The van der Waals surface area contributed by atoms with Crippen LogP contribution < -0.4 is 14.8 Å². The normalized spacial score (nSPS) is 12.0. The van der Waals surface area contributed by atoms with Gasteiger partial charge in [-0.3, -0.25) is 9.59 Å². The van der Waals surface area contributed by atoms with E-state index in [1.54, 1.807) is 30.6 Å². The summed E-state index contributed by atoms with van der Waals surface area (Å²) < 4.78 is 34.4. The molecule has 0 aliphatic carbocycles. The van der Waals surface area contributed by atoms with Crippen molar-refractivity contribution in [3.8, 4) is 11.5 Å². The Labute approximate surface area is 172 Å². The van der Waals surface area contributed by atoms with Crippen molar-refractivity contribution in [2.45, 2.75) is 33.0 Å². The van der Waals surface area contributed by atoms with Gasteiger partial charge in [-0.2, -0.15) is 8.78 Å². The lowest BCUT2D eigenvalue weighted by molar-refractivity contribution is -0.133. The van der Waals surface area contributed by atoms with Crippen LogP contribution in [0.25, 0.3) is 0 Å². The summed E-state index contributed by atoms with van der Waals surface area (Å²) in [6.07, 6.45) is 0. The summed E-state index contributed by atoms with van der Waals surface area (Å²) in [5, 5.41) is 4.58. The minimum absolute atomic E-state index is 0.0801. The molecule has 0 aliphatic rings. The molecule has 0 aliphatic heterocycles. The Balaban J connectivity index is 2.10. The van der Waals surface area contributed by atoms with Crippen LogP contribution in [0.15, 0.2) is 35.7 Å². The van der Waals surface area contributed by atoms with Gasteiger partial charge >= 0.3 is 6.61 Å². The molecule has 6 nitrogen and oxygen atoms in total. The number of hydrogen-bond donors (Lipinski definition) is 1. The number of hydrogen-bond acceptors (Lipinski definition) is 5. The highest BCUT2D eigenvalue weighted by Crippen LogP contribution is 2.30. The second-order valence-electron chi connectivity index (χ2n) is 6.73. The Morgan fingerprint density at radius 2 is 1.93 bits per heavy atom. The van der Waals surface area contributed by atoms with Crippen LogP contribution in [-0.4, -0.2) is 43.5 Å². The van der Waals surface area contributed by atoms with Gasteiger partial charge in [-0.05, 0) is 35.1 Å². The van der Waals surface area contributed by atoms with E-state index in [4.69, 9.17) is 4.74 Å². The summed E-state index contributed by atoms with van der Waals surface area (Å²) in [5.74, 6) is -0.601. The number of alkyl halides is 2. The first-order chi connectivity index (χ1) is 13.7. The van der Waals surface area contributed by atoms with Crippen molar-refractivity contribution in [1.29, 1.82) is 0 Å². The second kappa shape index (κ2) is 10.2. The lowest BCUT2D eigenvalue weighted by atomic mass is 10.0. The number of halogens is 2. The van der Waals surface area contributed by atoms with E-state index in [-0.39, 0.29) is 35.8 Å². The smallest absolute Gasteiger partial charge is 0.387 e. The van der Waals surface area contributed by atoms with E-state index in [1.807, 2.05) is 13.8 Å². The minimum Gasteiger partial charge on any atom is -0.493 e. The molecule has 1 atom stereocenters. The number of thiophene rings is 1. The quantitative estimate of drug-likeness (QED) is 0.663. The van der Waals surface area contributed by atoms with E-state index in [0.717, 1.165) is 0 Å². The summed E-state index contributed by atoms with van der Waals surface area (Å²) in [6, 6.07) is 7.26. The van der Waals surface area contributed by atoms with E-state index < -0.39 is 12.7 Å². The lowest BCUT2D eigenvalue weighted by Gasteiger charge is -2.27. The van der Waals surface area contributed by atoms with Crippen LogP contribution in [0.5, 0.6) is 11.5 Å². The van der Waals surface area contributed by atoms with Crippen molar-refractivity contribution >= 4 is 23.2 Å². The highest BCUT2D eigenvalue weighted by molar-refractivity contribution is 7.12. The van der Waals surface area contributed by atoms with Gasteiger partial charge in [0.15, 0.2) is 11.5 Å². The van der Waals surface area contributed by atoms with Gasteiger partial charge in [-0.1, -0.05) is 26.0 Å². The Bertz CT molecular complexity index is 828. The third-order valence-electron chi connectivity index (χ3n) is 4.20. The zero-order valence-electron chi connectivity index (χ0n) is 16.6. The number of carbonyl (C=O) groups excluding carboxylic acids is 2. The largest absolute Gasteiger partial charge is 0.493 e. The van der Waals surface area contributed by atoms with Gasteiger partial charge in [0.25, 0.3) is 5.91 Å². The number of methoxy groups -OCH3 is 1. The number of likely N-dealkylation sites (N-methyl/N-ethyl adjacent to an activating group) is 1. The zero-order chi connectivity index (χ0) is 21.6. The van der Waals surface area contributed by atoms with E-state index >= 15 is 0 Å². The molecule has 0 saturated carbocycles. The first-order valence-corrected chi connectivity index (χ1v) is 9.82. The molecule has 2 aromatic rings. The van der Waals surface area contributed by atoms with Gasteiger partial charge in [0, 0.05) is 13.6 Å². The zero-order valence-corrected chi connectivity index (χ0v) is 17.5. The van der Waals surface area contributed by atoms with Crippen molar-refractivity contribution in [2.75, 3.05) is 14.2 Å². The number of ether oxygens (including phenoxy) is 2. The maximum absolute atomic E-state index is 12.9. The Hall–Kier alpha value is -2.68. The van der Waals surface area contributed by atoms with Gasteiger partial charge in [-0.25, -0.2) is 0 Å². The molecule has 1 N–H and O–H groups in total. The fourth-order valence-electron chi connectivity index (χ4n) is 2.73. The number of rotatable bonds is 9. The third-order valence-corrected chi connectivity index (χ3v) is 5.07. The summed E-state index contributed by atoms with van der Waals surface area (Å²) in [6.45, 7) is 0.954. The monoisotopic (exact) mass is 426 g/mol. The molecular formula is C20H24F2N2O4S. The van der Waals surface area contributed by atoms with E-state index in [0.29, 0.717) is 10.4 Å². The van der Waals surface area contributed by atoms with Crippen molar-refractivity contribution in [1.82, 2.24) is 10.2 Å². The molecule has 1 aromatic carbocycles. The fraction of sp³-hybridized carbons (Fsp3) is 0.400. The maximum Gasteiger partial charge on any atom is 0.387 e. The Morgan fingerprint density at radius 3 is 2.48 bits per heavy atom. The molecule has 2 amide bonds. The summed E-state index contributed by atoms with van der Waals surface area (Å²) in [7, 11) is 2.96. The predicted molar refractivity (Wildman–Crippen MR) is 107 cm³/mol. The van der Waals surface area contributed by atoms with E-state index in [2.05, 4.69) is 10.1 Å². The molecule has 0 fully saturated rings. The average Bonchev–Trinajstić information content (AvgIpc) is 3.20. The van der Waals surface area contributed by atoms with Gasteiger partial charge < -0.3 is 19.7 Å². The second-order valence-corrected chi connectivity index (χ2v) is 7.68. The maximum atomic E-state index is 12.9. The molecule has 0 spiro atoms. The molecule has 29 heavy (non-hydrogen) atoms. The van der Waals surface area contributed by atoms with Crippen LogP contribution in [0.1, 0.15) is 29.1 Å². The number of nitrogens with one attached hydrogen (secondary N) is 1. The van der Waals surface area contributed by atoms with Crippen LogP contribution in [0.3, 0.4) is 0 Å². The standard InChI is InChI=1S/C20H24F2N2O4S/c1-12(2)17(23-18(25)16-6-5-9-29-16)19(26)24(3)11-13-7-8-14(28-20(21)22)15(10-13)27-4/h5-10,12,17,20H,11H2,1-4H3,(H,23,25). The number of amides is 2. The molecule has 2 rings (SSSR count). The van der Waals surface area contributed by atoms with Crippen LogP contribution >= 0.6 is 11.3 Å². The van der Waals surface area contributed by atoms with Gasteiger partial charge in [0.1, 0.15) is 6.04 Å². The molecule has 158 valence electrons. The Kier molecular flexibility index (Phi) is 7.95. The molecule has 1 heterocycles. The fourth-order valence-corrected chi connectivity index (χ4v) is 3.35. The SMILES string of the molecule is COc1cc(CN(C)C(=O)C(NC(=O)c2cccs2)C(C)C)ccc1OC(F)F. The average molecular weight is 426 g/mol. The topological polar surface area (TPSA) is 67.9 Å². The van der Waals surface area contributed by atoms with Crippen molar-refractivity contribution in [3.05, 3.63) is 46.2 Å². The van der Waals surface area contributed by atoms with E-state index in [9.17, 15) is 18.4 Å². The Morgan fingerprint density at radius 1 is 1.21 bits per heavy atom. The van der Waals surface area contributed by atoms with Crippen molar-refractivity contribution in [3.63, 3.8) is 0 Å². The van der Waals surface area contributed by atoms with Crippen molar-refractivity contribution in [2.24, 2.45) is 5.92 Å². The number of carbonyl (C=O) groups is 2. The summed E-state index contributed by atoms with van der Waals surface area (Å²) in [5.41, 5.74) is 0.673. The lowest BCUT2D eigenvalue weighted by Crippen LogP contribution is -2.49. The number of nitrogens with zero attached hydrogens (tertiary/aromatic N) is 1. The first-order valence-electron chi connectivity index (χ1n) is 8.94. The van der Waals surface area contributed by atoms with Gasteiger partial charge in [0.2, 0.25) is 5.91 Å². The molecular weight excluding hydrogens is 402 g/mol. The number of benzene rings is 1. The first kappa shape index (κ1) is 22.6. The molecule has 0 bridgehead atoms. The molecule has 0 saturated heterocycles. The summed E-state index contributed by atoms with van der Waals surface area (Å²) >= 11 is 1.30. The van der Waals surface area contributed by atoms with Gasteiger partial charge in [-0.15, -0.1) is 11.3 Å². The molecule has 0 radical (unpaired) electrons. The van der Waals surface area contributed by atoms with Crippen LogP contribution in [0.2, 0.25) is 0 Å². The van der Waals surface area contributed by atoms with Crippen LogP contribution in [0, 0.1) is 5.92 Å². The molecule has 1 unspecified atom stereocenters. The van der Waals surface area contributed by atoms with Gasteiger partial charge in [0.05, 0.1) is 12.0 Å². The van der Waals surface area contributed by atoms with Crippen LogP contribution in [0.4, 0.5) is 8.78 Å². The molecule has 1 aromatic heterocycles. The highest BCUT2D eigenvalue weighted by atomic mass is 32.1. The van der Waals surface area contributed by atoms with Crippen molar-refractivity contribution < 1.29 is 27.8 Å². The molecule has 9 heteroatoms. The van der Waals surface area contributed by atoms with E-state index in [1.165, 1.54) is 35.5 Å². The van der Waals surface area contributed by atoms with Crippen LogP contribution in [-0.2, 0) is 11.3 Å². The highest BCUT2D eigenvalue weighted by Gasteiger charge is 2.28. The predicted octanol–water partition coefficient (Wildman–Crippen LogP) is 3.77.